The smallest absolute Gasteiger partial charge is 0.179 e. The van der Waals surface area contributed by atoms with E-state index in [9.17, 15) is 19.2 Å². The summed E-state index contributed by atoms with van der Waals surface area (Å²) in [5, 5.41) is -4.55. The molecule has 2 aromatic heterocycles. The Kier molecular flexibility index (Phi) is 3.84. The third-order valence-electron chi connectivity index (χ3n) is 11.6. The summed E-state index contributed by atoms with van der Waals surface area (Å²) < 4.78 is 269. The van der Waals surface area contributed by atoms with E-state index in [0.717, 1.165) is 10.1 Å². The molecule has 8 aromatic carbocycles. The SMILES string of the molecule is [2H]c1c([2H])c([2H])c([Si](c2ccc3c(c2)C(C)(C)CCC3(C)C)(c2c([2H])c([2H])c([2H])c([2H])c2[2H])c2c([2H])c([2H])c([2H])c(-n3c4c([2H])c([2H])c([2H])c([2H])c4c4c([2H])c(-c5c([2H])c([2H])c([2H])c6c5oc5c([2H])c([2H])c([2H])c([2H])c56)c([2H])c([2H])c43)c2[2H])c([2H])c1[2H]. The topological polar surface area (TPSA) is 18.1 Å². The van der Waals surface area contributed by atoms with Crippen LogP contribution in [0.3, 0.4) is 0 Å². The first-order valence-electron chi connectivity index (χ1n) is 32.8. The molecule has 10 aromatic rings. The lowest BCUT2D eigenvalue weighted by molar-refractivity contribution is 0.332. The second-order valence-corrected chi connectivity index (χ2v) is 19.4. The molecule has 0 bridgehead atoms. The fourth-order valence-electron chi connectivity index (χ4n) is 8.51. The predicted molar refractivity (Wildman–Crippen MR) is 252 cm³/mol. The van der Waals surface area contributed by atoms with Crippen molar-refractivity contribution in [2.24, 2.45) is 0 Å². The summed E-state index contributed by atoms with van der Waals surface area (Å²) in [6.07, 6.45) is 1.22. The van der Waals surface area contributed by atoms with Crippen LogP contribution >= 0.6 is 0 Å². The van der Waals surface area contributed by atoms with Gasteiger partial charge in [0.05, 0.1) is 49.4 Å². The molecule has 1 aliphatic rings. The molecule has 0 radical (unpaired) electrons. The Morgan fingerprint density at radius 1 is 0.508 bits per heavy atom. The zero-order valence-electron chi connectivity index (χ0n) is 60.0. The van der Waals surface area contributed by atoms with E-state index in [2.05, 4.69) is 0 Å². The Morgan fingerprint density at radius 3 is 1.88 bits per heavy atom. The van der Waals surface area contributed by atoms with E-state index in [1.807, 2.05) is 27.7 Å². The van der Waals surface area contributed by atoms with Crippen molar-refractivity contribution in [2.45, 2.75) is 51.4 Å². The van der Waals surface area contributed by atoms with E-state index >= 15 is 0 Å². The molecule has 0 atom stereocenters. The van der Waals surface area contributed by atoms with Crippen LogP contribution in [0.2, 0.25) is 0 Å². The molecule has 2 heterocycles. The number of hydrogen-bond donors (Lipinski definition) is 0. The molecule has 0 unspecified atom stereocenters. The molecular weight excluding hydrogens is 731 g/mol. The summed E-state index contributed by atoms with van der Waals surface area (Å²) >= 11 is 0. The average molecular weight is 806 g/mol. The minimum absolute atomic E-state index is 0.116. The highest BCUT2D eigenvalue weighted by Crippen LogP contribution is 2.45. The maximum atomic E-state index is 10.7. The van der Waals surface area contributed by atoms with Crippen LogP contribution in [-0.2, 0) is 10.8 Å². The first-order valence-corrected chi connectivity index (χ1v) is 20.8. The summed E-state index contributed by atoms with van der Waals surface area (Å²) in [4.78, 5) is 0. The highest BCUT2D eigenvalue weighted by Gasteiger charge is 2.44. The zero-order chi connectivity index (χ0) is 64.3. The Labute approximate surface area is 386 Å². The number of aromatic nitrogens is 1. The first-order chi connectivity index (χ1) is 40.4. The van der Waals surface area contributed by atoms with Gasteiger partial charge < -0.3 is 8.98 Å². The Hall–Kier alpha value is -6.42. The predicted octanol–water partition coefficient (Wildman–Crippen LogP) is 12.1. The van der Waals surface area contributed by atoms with E-state index in [1.165, 1.54) is 6.07 Å². The lowest BCUT2D eigenvalue weighted by Gasteiger charge is -2.43. The van der Waals surface area contributed by atoms with E-state index in [0.29, 0.717) is 18.4 Å². The number of para-hydroxylation sites is 3. The number of hydrogen-bond acceptors (Lipinski definition) is 1. The number of benzene rings is 8. The normalized spacial score (nSPS) is 21.6. The lowest BCUT2D eigenvalue weighted by atomic mass is 9.63. The van der Waals surface area contributed by atoms with E-state index < -0.39 is 264 Å². The lowest BCUT2D eigenvalue weighted by Crippen LogP contribution is -2.75. The van der Waals surface area contributed by atoms with Crippen LogP contribution in [0.5, 0.6) is 0 Å². The van der Waals surface area contributed by atoms with Gasteiger partial charge in [-0.3, -0.25) is 0 Å². The summed E-state index contributed by atoms with van der Waals surface area (Å²) in [5.41, 5.74) is -4.86. The van der Waals surface area contributed by atoms with Crippen molar-refractivity contribution in [3.8, 4) is 16.8 Å². The Balaban J connectivity index is 1.42. The minimum Gasteiger partial charge on any atom is -0.455 e. The van der Waals surface area contributed by atoms with Crippen LogP contribution in [0.15, 0.2) is 192 Å². The maximum absolute atomic E-state index is 10.7. The summed E-state index contributed by atoms with van der Waals surface area (Å²) in [5.74, 6) is 0. The van der Waals surface area contributed by atoms with E-state index in [1.54, 1.807) is 12.1 Å². The quantitative estimate of drug-likeness (QED) is 0.121. The van der Waals surface area contributed by atoms with Crippen molar-refractivity contribution in [2.75, 3.05) is 0 Å². The Bertz CT molecular complexity index is 4740. The molecule has 0 saturated heterocycles. The highest BCUT2D eigenvalue weighted by molar-refractivity contribution is 7.19. The van der Waals surface area contributed by atoms with Gasteiger partial charge in [0.25, 0.3) is 0 Å². The second-order valence-electron chi connectivity index (χ2n) is 15.8. The van der Waals surface area contributed by atoms with Gasteiger partial charge >= 0.3 is 0 Å². The molecule has 0 saturated carbocycles. The number of fused-ring (bicyclic) bond motifs is 7. The average Bonchev–Trinajstić information content (AvgIpc) is 1.63. The third-order valence-corrected chi connectivity index (χ3v) is 15.8. The molecule has 3 heteroatoms. The minimum atomic E-state index is -5.82. The van der Waals surface area contributed by atoms with Crippen LogP contribution in [0.4, 0.5) is 0 Å². The van der Waals surface area contributed by atoms with Crippen LogP contribution < -0.4 is 20.7 Å². The molecule has 0 spiro atoms. The Morgan fingerprint density at radius 2 is 1.12 bits per heavy atom. The maximum Gasteiger partial charge on any atom is 0.179 e. The fourth-order valence-corrected chi connectivity index (χ4v) is 12.4. The number of furan rings is 1. The van der Waals surface area contributed by atoms with Crippen molar-refractivity contribution in [3.05, 3.63) is 199 Å². The number of nitrogens with zero attached hydrogens (tertiary/aromatic N) is 1. The zero-order valence-corrected chi connectivity index (χ0v) is 33.0. The van der Waals surface area contributed by atoms with Crippen molar-refractivity contribution in [1.29, 1.82) is 0 Å². The molecule has 0 fully saturated rings. The molecule has 59 heavy (non-hydrogen) atoms. The summed E-state index contributed by atoms with van der Waals surface area (Å²) in [6.45, 7) is 7.80. The summed E-state index contributed by atoms with van der Waals surface area (Å²) in [6, 6.07) is -21.7. The first kappa shape index (κ1) is 17.0. The van der Waals surface area contributed by atoms with Gasteiger partial charge in [0.2, 0.25) is 0 Å². The van der Waals surface area contributed by atoms with Crippen LogP contribution in [-0.4, -0.2) is 12.6 Å². The molecule has 0 N–H and O–H groups in total. The van der Waals surface area contributed by atoms with Gasteiger partial charge in [0.15, 0.2) is 8.07 Å². The van der Waals surface area contributed by atoms with Crippen LogP contribution in [0, 0.1) is 0 Å². The van der Waals surface area contributed by atoms with Crippen molar-refractivity contribution in [1.82, 2.24) is 4.57 Å². The monoisotopic (exact) mass is 806 g/mol. The van der Waals surface area contributed by atoms with E-state index in [4.69, 9.17) is 23.6 Å². The van der Waals surface area contributed by atoms with Crippen LogP contribution in [0.25, 0.3) is 60.6 Å². The van der Waals surface area contributed by atoms with Crippen molar-refractivity contribution >= 4 is 72.6 Å². The molecular formula is C56H47NOSi. The van der Waals surface area contributed by atoms with Gasteiger partial charge in [0.1, 0.15) is 11.2 Å². The largest absolute Gasteiger partial charge is 0.455 e. The van der Waals surface area contributed by atoms with Gasteiger partial charge in [-0.05, 0) is 97.4 Å². The summed E-state index contributed by atoms with van der Waals surface area (Å²) in [7, 11) is -5.82. The third kappa shape index (κ3) is 5.45. The van der Waals surface area contributed by atoms with Gasteiger partial charge in [-0.2, -0.15) is 0 Å². The molecule has 0 aliphatic heterocycles. The molecule has 11 rings (SSSR count). The number of rotatable bonds is 6. The van der Waals surface area contributed by atoms with Crippen molar-refractivity contribution in [3.63, 3.8) is 0 Å². The van der Waals surface area contributed by atoms with Gasteiger partial charge in [0, 0.05) is 32.8 Å². The van der Waals surface area contributed by atoms with Gasteiger partial charge in [-0.25, -0.2) is 0 Å². The standard InChI is InChI=1S/C56H47NOSi/c1-55(2)33-34-56(3,4)50-37-43(30-31-49(50)55)59(40-18-7-5-8-19-40,41-20-9-6-10-21-41)42-22-15-17-39(36-42)57-51-27-13-11-23-45(51)48-35-38(29-32-52(48)57)44-25-16-26-47-46-24-12-14-28-53(46)58-54(44)47/h5-32,35-37H,33-34H2,1-4H3/i5D,6D,7D,8D,9D,10D,11D,12D,13D,14D,15D,16D,17D,18D,19D,20D,21D,22D,23D,24D,25D,26D,27D,28D,29D,32D,35D,36D. The molecule has 1 aliphatic carbocycles. The molecule has 0 amide bonds. The second kappa shape index (κ2) is 13.3. The van der Waals surface area contributed by atoms with Crippen molar-refractivity contribution < 1.29 is 42.8 Å². The molecule has 2 nitrogen and oxygen atoms in total. The molecule has 286 valence electrons. The fraction of sp³-hybridized carbons (Fsp3) is 0.143. The van der Waals surface area contributed by atoms with Gasteiger partial charge in [-0.1, -0.05) is 179 Å². The van der Waals surface area contributed by atoms with Crippen LogP contribution in [0.1, 0.15) is 90.0 Å². The van der Waals surface area contributed by atoms with E-state index in [-0.39, 0.29) is 5.19 Å². The highest BCUT2D eigenvalue weighted by atomic mass is 28.3. The van der Waals surface area contributed by atoms with Gasteiger partial charge in [-0.15, -0.1) is 0 Å².